The van der Waals surface area contributed by atoms with Crippen molar-refractivity contribution in [3.8, 4) is 19.5 Å². The lowest BCUT2D eigenvalue weighted by Crippen LogP contribution is -2.28. The highest BCUT2D eigenvalue weighted by atomic mass is 32.3. The Kier molecular flexibility index (Phi) is 12.6. The topological polar surface area (TPSA) is 52.6 Å². The molecule has 0 radical (unpaired) electrons. The van der Waals surface area contributed by atoms with Gasteiger partial charge in [0.25, 0.3) is 0 Å². The van der Waals surface area contributed by atoms with Gasteiger partial charge in [-0.1, -0.05) is 83.1 Å². The van der Waals surface area contributed by atoms with Crippen molar-refractivity contribution in [3.63, 3.8) is 0 Å². The molecule has 0 fully saturated rings. The molecule has 0 unspecified atom stereocenters. The molecule has 51 heavy (non-hydrogen) atoms. The van der Waals surface area contributed by atoms with Crippen molar-refractivity contribution >= 4 is 107 Å². The molecule has 0 saturated carbocycles. The van der Waals surface area contributed by atoms with Crippen LogP contribution < -0.4 is 0 Å². The highest BCUT2D eigenvalue weighted by Crippen LogP contribution is 2.70. The van der Waals surface area contributed by atoms with Gasteiger partial charge in [-0.15, -0.1) is 56.7 Å². The molecule has 0 saturated heterocycles. The van der Waals surface area contributed by atoms with E-state index in [1.165, 1.54) is 40.5 Å². The van der Waals surface area contributed by atoms with Crippen LogP contribution in [0.4, 0.5) is 0 Å². The molecule has 0 aromatic carbocycles. The molecule has 5 aromatic heterocycles. The lowest BCUT2D eigenvalue weighted by Gasteiger charge is -2.50. The quantitative estimate of drug-likeness (QED) is 0.105. The Hall–Kier alpha value is -1.34. The monoisotopic (exact) mass is 824 g/mol. The van der Waals surface area contributed by atoms with Crippen molar-refractivity contribution < 1.29 is 19.1 Å². The van der Waals surface area contributed by atoms with Gasteiger partial charge in [0, 0.05) is 27.6 Å². The molecular formula is C40H56O4S7. The Labute approximate surface area is 329 Å². The average molecular weight is 825 g/mol. The fourth-order valence-corrected chi connectivity index (χ4v) is 29.5. The highest BCUT2D eigenvalue weighted by molar-refractivity contribution is 8.36. The Balaban J connectivity index is 1.72. The second-order valence-electron chi connectivity index (χ2n) is 14.6. The van der Waals surface area contributed by atoms with Crippen LogP contribution in [0.2, 0.25) is 0 Å². The van der Waals surface area contributed by atoms with E-state index in [0.717, 1.165) is 28.9 Å². The standard InChI is InChI=1S/C40H56O4S7/c1-15-43-39(41)33-35(27-17-18-31(46-27)50(21(3)4,22(5)6)23(7)8)48-38-34(40(42)44-16-2)36(49-37(33)38)30-19-28-29(45-30)20-32(47-28)51(24(9)10,25(11)12)26(13)14/h17-26H,15-16H2,1-14H3. The number of esters is 2. The molecule has 0 spiro atoms. The Morgan fingerprint density at radius 2 is 0.941 bits per heavy atom. The highest BCUT2D eigenvalue weighted by Gasteiger charge is 2.40. The lowest BCUT2D eigenvalue weighted by molar-refractivity contribution is 0.0519. The summed E-state index contributed by atoms with van der Waals surface area (Å²) in [6.45, 7) is 32.8. The second-order valence-corrected chi connectivity index (χ2v) is 29.9. The number of rotatable bonds is 14. The zero-order valence-electron chi connectivity index (χ0n) is 32.7. The predicted molar refractivity (Wildman–Crippen MR) is 236 cm³/mol. The summed E-state index contributed by atoms with van der Waals surface area (Å²) in [6, 6.07) is 9.20. The first-order valence-electron chi connectivity index (χ1n) is 18.2. The number of hydrogen-bond donors (Lipinski definition) is 0. The Morgan fingerprint density at radius 3 is 1.35 bits per heavy atom. The lowest BCUT2D eigenvalue weighted by atomic mass is 10.2. The first-order chi connectivity index (χ1) is 24.0. The fourth-order valence-electron chi connectivity index (χ4n) is 8.45. The van der Waals surface area contributed by atoms with Gasteiger partial charge in [0.2, 0.25) is 0 Å². The van der Waals surface area contributed by atoms with Crippen molar-refractivity contribution in [1.82, 2.24) is 0 Å². The van der Waals surface area contributed by atoms with Gasteiger partial charge >= 0.3 is 11.9 Å². The molecule has 0 aliphatic heterocycles. The van der Waals surface area contributed by atoms with Crippen LogP contribution >= 0.6 is 76.7 Å². The maximum atomic E-state index is 13.9. The fraction of sp³-hybridized carbons (Fsp3) is 0.550. The van der Waals surface area contributed by atoms with Crippen molar-refractivity contribution in [2.45, 2.75) is 137 Å². The molecule has 11 heteroatoms. The molecule has 282 valence electrons. The first-order valence-corrected chi connectivity index (χ1v) is 25.9. The molecule has 5 heterocycles. The first kappa shape index (κ1) is 40.8. The van der Waals surface area contributed by atoms with Crippen LogP contribution in [0.5, 0.6) is 0 Å². The van der Waals surface area contributed by atoms with Gasteiger partial charge < -0.3 is 9.47 Å². The molecule has 0 bridgehead atoms. The maximum Gasteiger partial charge on any atom is 0.341 e. The van der Waals surface area contributed by atoms with E-state index in [1.807, 2.05) is 36.5 Å². The number of carbonyl (C=O) groups excluding carboxylic acids is 2. The van der Waals surface area contributed by atoms with E-state index in [4.69, 9.17) is 9.47 Å². The third-order valence-electron chi connectivity index (χ3n) is 10.1. The summed E-state index contributed by atoms with van der Waals surface area (Å²) >= 11 is 8.57. The molecule has 0 aliphatic rings. The maximum absolute atomic E-state index is 13.9. The van der Waals surface area contributed by atoms with Crippen molar-refractivity contribution in [1.29, 1.82) is 0 Å². The van der Waals surface area contributed by atoms with Gasteiger partial charge in [-0.05, 0) is 69.6 Å². The minimum Gasteiger partial charge on any atom is -0.462 e. The van der Waals surface area contributed by atoms with Crippen LogP contribution in [-0.2, 0) is 9.47 Å². The molecule has 0 atom stereocenters. The summed E-state index contributed by atoms with van der Waals surface area (Å²) in [5.41, 5.74) is 1.15. The SMILES string of the molecule is CCOC(=O)c1c(-c2ccc(S(C(C)C)(C(C)C)C(C)C)s2)sc2c(C(=O)OCC)c(-c3cc4sc(S(C(C)C)(C(C)C)C(C)C)cc4s3)sc12. The van der Waals surface area contributed by atoms with E-state index in [-0.39, 0.29) is 25.2 Å². The van der Waals surface area contributed by atoms with Gasteiger partial charge in [-0.25, -0.2) is 9.59 Å². The molecular weight excluding hydrogens is 769 g/mol. The van der Waals surface area contributed by atoms with E-state index in [1.54, 1.807) is 11.3 Å². The minimum atomic E-state index is -1.14. The molecule has 5 rings (SSSR count). The van der Waals surface area contributed by atoms with Crippen molar-refractivity contribution in [2.75, 3.05) is 13.2 Å². The summed E-state index contributed by atoms with van der Waals surface area (Å²) in [7, 11) is -2.18. The van der Waals surface area contributed by atoms with Gasteiger partial charge in [0.05, 0.1) is 43.5 Å². The summed E-state index contributed by atoms with van der Waals surface area (Å²) in [5, 5.41) is 3.31. The van der Waals surface area contributed by atoms with Gasteiger partial charge in [-0.2, -0.15) is 20.1 Å². The molecule has 0 N–H and O–H groups in total. The van der Waals surface area contributed by atoms with Crippen molar-refractivity contribution in [3.05, 3.63) is 35.4 Å². The number of ether oxygens (including phenoxy) is 2. The number of hydrogen-bond acceptors (Lipinski definition) is 9. The molecule has 4 nitrogen and oxygen atoms in total. The third-order valence-corrected chi connectivity index (χ3v) is 29.2. The Bertz CT molecular complexity index is 1930. The van der Waals surface area contributed by atoms with Crippen LogP contribution in [0.3, 0.4) is 0 Å². The van der Waals surface area contributed by atoms with Gasteiger partial charge in [-0.3, -0.25) is 0 Å². The number of thiophene rings is 5. The number of fused-ring (bicyclic) bond motifs is 2. The molecule has 0 aliphatic carbocycles. The third kappa shape index (κ3) is 6.71. The van der Waals surface area contributed by atoms with Crippen LogP contribution in [0, 0.1) is 0 Å². The summed E-state index contributed by atoms with van der Waals surface area (Å²) < 4.78 is 18.5. The summed E-state index contributed by atoms with van der Waals surface area (Å²) in [5.74, 6) is -0.670. The van der Waals surface area contributed by atoms with E-state index < -0.39 is 20.1 Å². The smallest absolute Gasteiger partial charge is 0.341 e. The minimum absolute atomic E-state index is 0.282. The van der Waals surface area contributed by atoms with E-state index in [9.17, 15) is 9.59 Å². The van der Waals surface area contributed by atoms with Crippen molar-refractivity contribution in [2.24, 2.45) is 0 Å². The van der Waals surface area contributed by atoms with Crippen LogP contribution in [0.25, 0.3) is 38.3 Å². The van der Waals surface area contributed by atoms with E-state index >= 15 is 0 Å². The zero-order chi connectivity index (χ0) is 37.7. The van der Waals surface area contributed by atoms with Gasteiger partial charge in [0.15, 0.2) is 0 Å². The van der Waals surface area contributed by atoms with Crippen LogP contribution in [0.1, 0.15) is 118 Å². The van der Waals surface area contributed by atoms with Gasteiger partial charge in [0.1, 0.15) is 0 Å². The largest absolute Gasteiger partial charge is 0.462 e. The van der Waals surface area contributed by atoms with Crippen LogP contribution in [0.15, 0.2) is 32.7 Å². The predicted octanol–water partition coefficient (Wildman–Crippen LogP) is 14.8. The average Bonchev–Trinajstić information content (AvgIpc) is 3.82. The molecule has 0 amide bonds. The van der Waals surface area contributed by atoms with E-state index in [0.29, 0.717) is 42.6 Å². The summed E-state index contributed by atoms with van der Waals surface area (Å²) in [6.07, 6.45) is 0. The number of carbonyl (C=O) groups is 2. The Morgan fingerprint density at radius 1 is 0.529 bits per heavy atom. The van der Waals surface area contributed by atoms with E-state index in [2.05, 4.69) is 107 Å². The molecule has 5 aromatic rings. The zero-order valence-corrected chi connectivity index (χ0v) is 38.4. The van der Waals surface area contributed by atoms with Crippen LogP contribution in [-0.4, -0.2) is 56.7 Å². The second kappa shape index (κ2) is 15.8. The normalized spacial score (nSPS) is 13.7. The summed E-state index contributed by atoms with van der Waals surface area (Å²) in [4.78, 5) is 31.6.